The Morgan fingerprint density at radius 2 is 1.94 bits per heavy atom. The fraction of sp³-hybridized carbons (Fsp3) is 1.00. The highest BCUT2D eigenvalue weighted by Crippen LogP contribution is 2.18. The third-order valence-electron chi connectivity index (χ3n) is 3.65. The maximum absolute atomic E-state index is 12.0. The highest BCUT2D eigenvalue weighted by Gasteiger charge is 2.25. The lowest BCUT2D eigenvalue weighted by molar-refractivity contribution is 0.345. The van der Waals surface area contributed by atoms with Crippen molar-refractivity contribution >= 4 is 10.0 Å². The fourth-order valence-corrected chi connectivity index (χ4v) is 4.25. The number of rotatable bonds is 4. The van der Waals surface area contributed by atoms with Crippen LogP contribution in [0.3, 0.4) is 0 Å². The molecule has 2 aliphatic heterocycles. The summed E-state index contributed by atoms with van der Waals surface area (Å²) < 4.78 is 25.8. The number of hydrogen-bond donors (Lipinski definition) is 1. The van der Waals surface area contributed by atoms with Gasteiger partial charge in [-0.15, -0.1) is 0 Å². The van der Waals surface area contributed by atoms with Crippen LogP contribution in [0.15, 0.2) is 0 Å². The first-order valence-corrected chi connectivity index (χ1v) is 7.98. The molecule has 0 bridgehead atoms. The molecule has 0 aromatic rings. The molecular formula is C11H22N2O2S. The van der Waals surface area contributed by atoms with Crippen molar-refractivity contribution in [2.24, 2.45) is 5.92 Å². The largest absolute Gasteiger partial charge is 0.316 e. The van der Waals surface area contributed by atoms with Crippen molar-refractivity contribution in [3.05, 3.63) is 0 Å². The van der Waals surface area contributed by atoms with E-state index < -0.39 is 10.0 Å². The number of sulfonamides is 1. The molecule has 1 unspecified atom stereocenters. The molecule has 0 aromatic heterocycles. The quantitative estimate of drug-likeness (QED) is 0.798. The topological polar surface area (TPSA) is 49.4 Å². The van der Waals surface area contributed by atoms with E-state index in [1.54, 1.807) is 4.31 Å². The fourth-order valence-electron chi connectivity index (χ4n) is 2.55. The predicted octanol–water partition coefficient (Wildman–Crippen LogP) is 0.802. The van der Waals surface area contributed by atoms with Crippen molar-refractivity contribution in [3.63, 3.8) is 0 Å². The van der Waals surface area contributed by atoms with Crippen LogP contribution in [0.1, 0.15) is 32.1 Å². The number of nitrogens with one attached hydrogen (secondary N) is 1. The molecule has 0 radical (unpaired) electrons. The molecule has 1 N–H and O–H groups in total. The van der Waals surface area contributed by atoms with Crippen LogP contribution in [0.5, 0.6) is 0 Å². The second-order valence-corrected chi connectivity index (χ2v) is 7.01. The molecular weight excluding hydrogens is 224 g/mol. The van der Waals surface area contributed by atoms with Gasteiger partial charge in [-0.25, -0.2) is 12.7 Å². The van der Waals surface area contributed by atoms with Gasteiger partial charge in [0, 0.05) is 13.1 Å². The van der Waals surface area contributed by atoms with Crippen LogP contribution < -0.4 is 5.32 Å². The minimum atomic E-state index is -2.97. The van der Waals surface area contributed by atoms with Gasteiger partial charge in [0.1, 0.15) is 0 Å². The van der Waals surface area contributed by atoms with Crippen molar-refractivity contribution < 1.29 is 8.42 Å². The first-order valence-electron chi connectivity index (χ1n) is 6.37. The van der Waals surface area contributed by atoms with Gasteiger partial charge >= 0.3 is 0 Å². The van der Waals surface area contributed by atoms with Gasteiger partial charge in [-0.05, 0) is 44.7 Å². The van der Waals surface area contributed by atoms with Crippen molar-refractivity contribution in [2.45, 2.75) is 32.1 Å². The summed E-state index contributed by atoms with van der Waals surface area (Å²) in [6.45, 7) is 3.53. The van der Waals surface area contributed by atoms with E-state index in [1.165, 1.54) is 6.42 Å². The van der Waals surface area contributed by atoms with E-state index in [1.807, 2.05) is 0 Å². The molecule has 2 heterocycles. The summed E-state index contributed by atoms with van der Waals surface area (Å²) in [5.74, 6) is 0.916. The standard InChI is InChI=1S/C11H22N2O2S/c14-16(15,13-7-2-1-3-8-13)9-5-11-4-6-12-10-11/h11-12H,1-10H2. The number of hydrogen-bond acceptors (Lipinski definition) is 3. The molecule has 1 atom stereocenters. The van der Waals surface area contributed by atoms with Gasteiger partial charge in [-0.1, -0.05) is 6.42 Å². The molecule has 16 heavy (non-hydrogen) atoms. The summed E-state index contributed by atoms with van der Waals surface area (Å²) >= 11 is 0. The zero-order valence-electron chi connectivity index (χ0n) is 9.82. The second-order valence-electron chi connectivity index (χ2n) is 4.92. The summed E-state index contributed by atoms with van der Waals surface area (Å²) in [6, 6.07) is 0. The lowest BCUT2D eigenvalue weighted by Crippen LogP contribution is -2.37. The molecule has 0 saturated carbocycles. The van der Waals surface area contributed by atoms with Gasteiger partial charge in [-0.2, -0.15) is 0 Å². The van der Waals surface area contributed by atoms with Gasteiger partial charge < -0.3 is 5.32 Å². The van der Waals surface area contributed by atoms with Crippen LogP contribution in [-0.4, -0.2) is 44.7 Å². The van der Waals surface area contributed by atoms with Crippen molar-refractivity contribution in [3.8, 4) is 0 Å². The molecule has 0 spiro atoms. The molecule has 0 aliphatic carbocycles. The van der Waals surface area contributed by atoms with Gasteiger partial charge in [0.05, 0.1) is 5.75 Å². The third kappa shape index (κ3) is 3.18. The Labute approximate surface area is 98.4 Å². The minimum absolute atomic E-state index is 0.347. The van der Waals surface area contributed by atoms with E-state index in [9.17, 15) is 8.42 Å². The highest BCUT2D eigenvalue weighted by molar-refractivity contribution is 7.89. The zero-order valence-corrected chi connectivity index (χ0v) is 10.6. The highest BCUT2D eigenvalue weighted by atomic mass is 32.2. The molecule has 2 rings (SSSR count). The zero-order chi connectivity index (χ0) is 11.4. The maximum Gasteiger partial charge on any atom is 0.214 e. The molecule has 2 saturated heterocycles. The minimum Gasteiger partial charge on any atom is -0.316 e. The molecule has 94 valence electrons. The van der Waals surface area contributed by atoms with E-state index in [0.717, 1.165) is 51.9 Å². The molecule has 2 fully saturated rings. The van der Waals surface area contributed by atoms with Crippen molar-refractivity contribution in [2.75, 3.05) is 31.9 Å². The summed E-state index contributed by atoms with van der Waals surface area (Å²) in [6.07, 6.45) is 5.20. The normalized spacial score (nSPS) is 28.4. The van der Waals surface area contributed by atoms with Crippen molar-refractivity contribution in [1.82, 2.24) is 9.62 Å². The first-order chi connectivity index (χ1) is 7.68. The molecule has 4 nitrogen and oxygen atoms in total. The Morgan fingerprint density at radius 3 is 2.56 bits per heavy atom. The summed E-state index contributed by atoms with van der Waals surface area (Å²) in [5, 5.41) is 3.28. The summed E-state index contributed by atoms with van der Waals surface area (Å²) in [4.78, 5) is 0. The van der Waals surface area contributed by atoms with Gasteiger partial charge in [0.25, 0.3) is 0 Å². The Kier molecular flexibility index (Phi) is 4.21. The Morgan fingerprint density at radius 1 is 1.19 bits per heavy atom. The van der Waals surface area contributed by atoms with Crippen LogP contribution in [0.4, 0.5) is 0 Å². The predicted molar refractivity (Wildman–Crippen MR) is 64.8 cm³/mol. The molecule has 5 heteroatoms. The summed E-state index contributed by atoms with van der Waals surface area (Å²) in [7, 11) is -2.97. The van der Waals surface area contributed by atoms with E-state index in [-0.39, 0.29) is 0 Å². The first kappa shape index (κ1) is 12.3. The summed E-state index contributed by atoms with van der Waals surface area (Å²) in [5.41, 5.74) is 0. The molecule has 0 amide bonds. The van der Waals surface area contributed by atoms with Crippen LogP contribution in [0.25, 0.3) is 0 Å². The maximum atomic E-state index is 12.0. The Bertz CT molecular complexity index is 304. The lowest BCUT2D eigenvalue weighted by Gasteiger charge is -2.26. The second kappa shape index (κ2) is 5.47. The monoisotopic (exact) mass is 246 g/mol. The van der Waals surface area contributed by atoms with Crippen LogP contribution >= 0.6 is 0 Å². The Balaban J connectivity index is 1.81. The average molecular weight is 246 g/mol. The third-order valence-corrected chi connectivity index (χ3v) is 5.56. The number of piperidine rings is 1. The van der Waals surface area contributed by atoms with Crippen LogP contribution in [0, 0.1) is 5.92 Å². The molecule has 0 aromatic carbocycles. The van der Waals surface area contributed by atoms with Crippen molar-refractivity contribution in [1.29, 1.82) is 0 Å². The number of nitrogens with zero attached hydrogens (tertiary/aromatic N) is 1. The molecule has 2 aliphatic rings. The van der Waals surface area contributed by atoms with Gasteiger partial charge in [-0.3, -0.25) is 0 Å². The van der Waals surface area contributed by atoms with E-state index in [2.05, 4.69) is 5.32 Å². The van der Waals surface area contributed by atoms with E-state index in [4.69, 9.17) is 0 Å². The van der Waals surface area contributed by atoms with Crippen LogP contribution in [0.2, 0.25) is 0 Å². The Hall–Kier alpha value is -0.130. The average Bonchev–Trinajstić information content (AvgIpc) is 2.81. The van der Waals surface area contributed by atoms with E-state index in [0.29, 0.717) is 11.7 Å². The van der Waals surface area contributed by atoms with Crippen LogP contribution in [-0.2, 0) is 10.0 Å². The lowest BCUT2D eigenvalue weighted by atomic mass is 10.1. The van der Waals surface area contributed by atoms with Gasteiger partial charge in [0.2, 0.25) is 10.0 Å². The van der Waals surface area contributed by atoms with E-state index >= 15 is 0 Å². The van der Waals surface area contributed by atoms with Gasteiger partial charge in [0.15, 0.2) is 0 Å². The SMILES string of the molecule is O=S(=O)(CCC1CCNC1)N1CCCCC1. The smallest absolute Gasteiger partial charge is 0.214 e.